The highest BCUT2D eigenvalue weighted by molar-refractivity contribution is 8.00. The van der Waals surface area contributed by atoms with Gasteiger partial charge in [0.05, 0.1) is 10.9 Å². The number of nitrogens with zero attached hydrogens (tertiary/aromatic N) is 3. The molecule has 0 spiro atoms. The summed E-state index contributed by atoms with van der Waals surface area (Å²) in [6.07, 6.45) is 3.80. The van der Waals surface area contributed by atoms with Gasteiger partial charge in [0, 0.05) is 11.1 Å². The topological polar surface area (TPSA) is 59.8 Å². The molecule has 1 aliphatic carbocycles. The van der Waals surface area contributed by atoms with Gasteiger partial charge in [-0.25, -0.2) is 0 Å². The Labute approximate surface area is 138 Å². The summed E-state index contributed by atoms with van der Waals surface area (Å²) in [5.74, 6) is 0.0454. The van der Waals surface area contributed by atoms with E-state index in [0.29, 0.717) is 16.2 Å². The highest BCUT2D eigenvalue weighted by atomic mass is 35.5. The average molecular weight is 337 g/mol. The third-order valence-corrected chi connectivity index (χ3v) is 4.99. The molecule has 116 valence electrons. The highest BCUT2D eigenvalue weighted by Gasteiger charge is 2.26. The van der Waals surface area contributed by atoms with E-state index in [9.17, 15) is 4.79 Å². The molecule has 7 heteroatoms. The van der Waals surface area contributed by atoms with Crippen LogP contribution in [0.1, 0.15) is 25.3 Å². The zero-order valence-corrected chi connectivity index (χ0v) is 14.0. The van der Waals surface area contributed by atoms with E-state index >= 15 is 0 Å². The monoisotopic (exact) mass is 336 g/mol. The summed E-state index contributed by atoms with van der Waals surface area (Å²) in [5.41, 5.74) is 1.91. The van der Waals surface area contributed by atoms with Gasteiger partial charge in [0.2, 0.25) is 5.91 Å². The number of carbonyl (C=O) groups is 1. The van der Waals surface area contributed by atoms with Crippen molar-refractivity contribution < 1.29 is 4.79 Å². The first-order valence-corrected chi connectivity index (χ1v) is 8.44. The van der Waals surface area contributed by atoms with Crippen LogP contribution in [-0.2, 0) is 4.79 Å². The molecule has 0 bridgehead atoms. The second-order valence-corrected chi connectivity index (χ2v) is 7.18. The first-order chi connectivity index (χ1) is 10.5. The normalized spacial score (nSPS) is 15.6. The summed E-state index contributed by atoms with van der Waals surface area (Å²) in [6, 6.07) is 6.15. The van der Waals surface area contributed by atoms with E-state index in [1.54, 1.807) is 6.33 Å². The quantitative estimate of drug-likeness (QED) is 0.853. The van der Waals surface area contributed by atoms with Gasteiger partial charge in [-0.2, -0.15) is 0 Å². The van der Waals surface area contributed by atoms with Gasteiger partial charge in [-0.1, -0.05) is 29.4 Å². The van der Waals surface area contributed by atoms with Gasteiger partial charge in [-0.15, -0.1) is 10.2 Å². The fraction of sp³-hybridized carbons (Fsp3) is 0.400. The molecule has 1 aromatic carbocycles. The van der Waals surface area contributed by atoms with E-state index in [2.05, 4.69) is 15.5 Å². The minimum Gasteiger partial charge on any atom is -0.352 e. The van der Waals surface area contributed by atoms with E-state index in [0.717, 1.165) is 24.1 Å². The largest absolute Gasteiger partial charge is 0.352 e. The molecular formula is C15H17ClN4OS. The van der Waals surface area contributed by atoms with Crippen molar-refractivity contribution in [2.75, 3.05) is 0 Å². The van der Waals surface area contributed by atoms with Gasteiger partial charge in [-0.3, -0.25) is 9.36 Å². The smallest absolute Gasteiger partial charge is 0.233 e. The fourth-order valence-electron chi connectivity index (χ4n) is 1.97. The molecule has 0 aliphatic heterocycles. The van der Waals surface area contributed by atoms with Crippen LogP contribution in [0, 0.1) is 6.92 Å². The Hall–Kier alpha value is -1.53. The molecule has 2 aromatic rings. The number of carbonyl (C=O) groups excluding carboxylic acids is 1. The number of hydrogen-bond acceptors (Lipinski definition) is 4. The van der Waals surface area contributed by atoms with Gasteiger partial charge < -0.3 is 5.32 Å². The Bertz CT molecular complexity index is 699. The van der Waals surface area contributed by atoms with Crippen LogP contribution >= 0.6 is 23.4 Å². The molecule has 5 nitrogen and oxygen atoms in total. The van der Waals surface area contributed by atoms with Crippen molar-refractivity contribution in [1.29, 1.82) is 0 Å². The molecule has 1 aromatic heterocycles. The van der Waals surface area contributed by atoms with E-state index in [-0.39, 0.29) is 11.2 Å². The lowest BCUT2D eigenvalue weighted by Crippen LogP contribution is -2.32. The summed E-state index contributed by atoms with van der Waals surface area (Å²) in [7, 11) is 0. The maximum Gasteiger partial charge on any atom is 0.233 e. The molecule has 1 atom stereocenters. The molecule has 1 fully saturated rings. The number of hydrogen-bond donors (Lipinski definition) is 1. The predicted molar refractivity (Wildman–Crippen MR) is 87.6 cm³/mol. The zero-order chi connectivity index (χ0) is 15.7. The summed E-state index contributed by atoms with van der Waals surface area (Å²) in [4.78, 5) is 12.1. The number of benzene rings is 1. The number of rotatable bonds is 5. The average Bonchev–Trinajstić information content (AvgIpc) is 3.18. The Morgan fingerprint density at radius 2 is 2.27 bits per heavy atom. The number of thioether (sulfide) groups is 1. The summed E-state index contributed by atoms with van der Waals surface area (Å²) < 4.78 is 1.84. The first-order valence-electron chi connectivity index (χ1n) is 7.18. The summed E-state index contributed by atoms with van der Waals surface area (Å²) >= 11 is 7.57. The fourth-order valence-corrected chi connectivity index (χ4v) is 3.00. The van der Waals surface area contributed by atoms with Crippen LogP contribution in [0.15, 0.2) is 29.7 Å². The molecule has 0 saturated heterocycles. The highest BCUT2D eigenvalue weighted by Crippen LogP contribution is 2.27. The Balaban J connectivity index is 1.76. The van der Waals surface area contributed by atoms with Crippen LogP contribution in [0.25, 0.3) is 5.69 Å². The number of aryl methyl sites for hydroxylation is 1. The molecule has 1 aliphatic rings. The first kappa shape index (κ1) is 15.4. The molecule has 1 heterocycles. The molecular weight excluding hydrogens is 320 g/mol. The lowest BCUT2D eigenvalue weighted by Gasteiger charge is -2.12. The van der Waals surface area contributed by atoms with Gasteiger partial charge in [-0.05, 0) is 44.4 Å². The van der Waals surface area contributed by atoms with Gasteiger partial charge >= 0.3 is 0 Å². The van der Waals surface area contributed by atoms with Gasteiger partial charge in [0.15, 0.2) is 5.16 Å². The number of aromatic nitrogens is 3. The van der Waals surface area contributed by atoms with E-state index in [1.165, 1.54) is 11.8 Å². The van der Waals surface area contributed by atoms with Crippen molar-refractivity contribution in [2.24, 2.45) is 0 Å². The summed E-state index contributed by atoms with van der Waals surface area (Å²) in [5, 5.41) is 12.2. The lowest BCUT2D eigenvalue weighted by atomic mass is 10.2. The Morgan fingerprint density at radius 1 is 1.50 bits per heavy atom. The van der Waals surface area contributed by atoms with Crippen LogP contribution < -0.4 is 5.32 Å². The van der Waals surface area contributed by atoms with E-state index < -0.39 is 0 Å². The maximum atomic E-state index is 12.1. The molecule has 0 radical (unpaired) electrons. The third kappa shape index (κ3) is 3.44. The molecule has 1 unspecified atom stereocenters. The number of nitrogens with one attached hydrogen (secondary N) is 1. The number of amides is 1. The van der Waals surface area contributed by atoms with Crippen LogP contribution in [0.4, 0.5) is 0 Å². The van der Waals surface area contributed by atoms with Crippen molar-refractivity contribution >= 4 is 29.3 Å². The van der Waals surface area contributed by atoms with Crippen LogP contribution in [-0.4, -0.2) is 32.0 Å². The second-order valence-electron chi connectivity index (χ2n) is 5.46. The van der Waals surface area contributed by atoms with Crippen LogP contribution in [0.3, 0.4) is 0 Å². The van der Waals surface area contributed by atoms with E-state index in [4.69, 9.17) is 11.6 Å². The number of halogens is 1. The minimum absolute atomic E-state index is 0.0454. The molecule has 1 saturated carbocycles. The van der Waals surface area contributed by atoms with E-state index in [1.807, 2.05) is 36.6 Å². The third-order valence-electron chi connectivity index (χ3n) is 3.53. The molecule has 22 heavy (non-hydrogen) atoms. The van der Waals surface area contributed by atoms with Crippen molar-refractivity contribution in [3.05, 3.63) is 35.1 Å². The van der Waals surface area contributed by atoms with Crippen molar-refractivity contribution in [2.45, 2.75) is 43.1 Å². The van der Waals surface area contributed by atoms with Crippen molar-refractivity contribution in [1.82, 2.24) is 20.1 Å². The standard InChI is InChI=1S/C15H17ClN4OS/c1-9-3-6-12(7-13(9)16)20-8-17-19-15(20)22-10(2)14(21)18-11-4-5-11/h3,6-8,10-11H,4-5H2,1-2H3,(H,18,21). The predicted octanol–water partition coefficient (Wildman–Crippen LogP) is 2.99. The van der Waals surface area contributed by atoms with Crippen molar-refractivity contribution in [3.63, 3.8) is 0 Å². The van der Waals surface area contributed by atoms with Gasteiger partial charge in [0.25, 0.3) is 0 Å². The molecule has 1 N–H and O–H groups in total. The minimum atomic E-state index is -0.218. The summed E-state index contributed by atoms with van der Waals surface area (Å²) in [6.45, 7) is 3.84. The van der Waals surface area contributed by atoms with Crippen LogP contribution in [0.2, 0.25) is 5.02 Å². The van der Waals surface area contributed by atoms with Gasteiger partial charge in [0.1, 0.15) is 6.33 Å². The van der Waals surface area contributed by atoms with Crippen LogP contribution in [0.5, 0.6) is 0 Å². The second kappa shape index (κ2) is 6.30. The molecule has 3 rings (SSSR count). The maximum absolute atomic E-state index is 12.1. The van der Waals surface area contributed by atoms with Crippen molar-refractivity contribution in [3.8, 4) is 5.69 Å². The zero-order valence-electron chi connectivity index (χ0n) is 12.4. The SMILES string of the molecule is Cc1ccc(-n2cnnc2SC(C)C(=O)NC2CC2)cc1Cl. The lowest BCUT2D eigenvalue weighted by molar-refractivity contribution is -0.120. The molecule has 1 amide bonds. The Morgan fingerprint density at radius 3 is 2.95 bits per heavy atom. The Kier molecular flexibility index (Phi) is 4.40.